The molecule has 0 saturated heterocycles. The Kier molecular flexibility index (Phi) is 3.01. The highest BCUT2D eigenvalue weighted by Crippen LogP contribution is 2.20. The van der Waals surface area contributed by atoms with Gasteiger partial charge in [-0.05, 0) is 18.6 Å². The minimum atomic E-state index is -0.138. The van der Waals surface area contributed by atoms with Crippen molar-refractivity contribution in [3.8, 4) is 0 Å². The molecule has 1 aromatic carbocycles. The first-order chi connectivity index (χ1) is 9.22. The van der Waals surface area contributed by atoms with Crippen LogP contribution < -0.4 is 11.1 Å². The van der Waals surface area contributed by atoms with Crippen molar-refractivity contribution in [3.63, 3.8) is 0 Å². The van der Waals surface area contributed by atoms with E-state index in [-0.39, 0.29) is 17.9 Å². The van der Waals surface area contributed by atoms with Crippen LogP contribution >= 0.6 is 0 Å². The molecule has 3 rings (SSSR count). The zero-order valence-corrected chi connectivity index (χ0v) is 10.4. The van der Waals surface area contributed by atoms with Gasteiger partial charge in [0.2, 0.25) is 5.91 Å². The Morgan fingerprint density at radius 1 is 1.32 bits per heavy atom. The highest BCUT2D eigenvalue weighted by Gasteiger charge is 2.22. The first kappa shape index (κ1) is 11.9. The smallest absolute Gasteiger partial charge is 0.231 e. The zero-order chi connectivity index (χ0) is 13.2. The number of carbonyl (C=O) groups is 1. The van der Waals surface area contributed by atoms with E-state index in [1.807, 2.05) is 42.5 Å². The standard InChI is InChI=1S/C15H15N3O/c16-12-6-5-11(7-12)15(19)18-13-8-10-3-1-2-4-14(10)17-9-13/h1-6,8-9,11-12H,7,16H2,(H,18,19). The van der Waals surface area contributed by atoms with E-state index in [1.54, 1.807) is 6.20 Å². The van der Waals surface area contributed by atoms with Crippen molar-refractivity contribution in [1.82, 2.24) is 4.98 Å². The van der Waals surface area contributed by atoms with Crippen LogP contribution in [-0.2, 0) is 4.79 Å². The van der Waals surface area contributed by atoms with Crippen molar-refractivity contribution < 1.29 is 4.79 Å². The molecule has 2 aromatic rings. The lowest BCUT2D eigenvalue weighted by atomic mass is 10.1. The van der Waals surface area contributed by atoms with E-state index < -0.39 is 0 Å². The van der Waals surface area contributed by atoms with Crippen LogP contribution in [0.25, 0.3) is 10.9 Å². The number of para-hydroxylation sites is 1. The predicted molar refractivity (Wildman–Crippen MR) is 75.6 cm³/mol. The normalized spacial score (nSPS) is 21.7. The third-order valence-electron chi connectivity index (χ3n) is 3.31. The average molecular weight is 253 g/mol. The van der Waals surface area contributed by atoms with Gasteiger partial charge in [0, 0.05) is 11.4 Å². The van der Waals surface area contributed by atoms with Gasteiger partial charge >= 0.3 is 0 Å². The molecule has 1 aliphatic carbocycles. The molecule has 2 unspecified atom stereocenters. The van der Waals surface area contributed by atoms with E-state index in [4.69, 9.17) is 5.73 Å². The number of anilines is 1. The molecule has 3 N–H and O–H groups in total. The van der Waals surface area contributed by atoms with Gasteiger partial charge in [-0.2, -0.15) is 0 Å². The molecular weight excluding hydrogens is 238 g/mol. The first-order valence-corrected chi connectivity index (χ1v) is 6.32. The maximum absolute atomic E-state index is 12.1. The summed E-state index contributed by atoms with van der Waals surface area (Å²) in [5.41, 5.74) is 7.39. The van der Waals surface area contributed by atoms with E-state index in [0.717, 1.165) is 16.6 Å². The van der Waals surface area contributed by atoms with Crippen LogP contribution in [0.4, 0.5) is 5.69 Å². The van der Waals surface area contributed by atoms with Crippen LogP contribution in [0.2, 0.25) is 0 Å². The second-order valence-electron chi connectivity index (χ2n) is 4.80. The van der Waals surface area contributed by atoms with E-state index in [1.165, 1.54) is 0 Å². The van der Waals surface area contributed by atoms with Crippen LogP contribution in [-0.4, -0.2) is 16.9 Å². The number of nitrogens with two attached hydrogens (primary N) is 1. The SMILES string of the molecule is NC1C=CC(C(=O)Nc2cnc3ccccc3c2)C1. The molecule has 0 fully saturated rings. The molecule has 0 spiro atoms. The van der Waals surface area contributed by atoms with Crippen LogP contribution in [0, 0.1) is 5.92 Å². The average Bonchev–Trinajstić information content (AvgIpc) is 2.85. The van der Waals surface area contributed by atoms with E-state index in [9.17, 15) is 4.79 Å². The quantitative estimate of drug-likeness (QED) is 0.805. The number of aromatic nitrogens is 1. The van der Waals surface area contributed by atoms with Gasteiger partial charge in [0.05, 0.1) is 23.3 Å². The molecule has 4 heteroatoms. The van der Waals surface area contributed by atoms with Gasteiger partial charge in [-0.25, -0.2) is 0 Å². The van der Waals surface area contributed by atoms with Crippen molar-refractivity contribution in [2.24, 2.45) is 11.7 Å². The number of hydrogen-bond acceptors (Lipinski definition) is 3. The summed E-state index contributed by atoms with van der Waals surface area (Å²) < 4.78 is 0. The van der Waals surface area contributed by atoms with Crippen molar-refractivity contribution in [2.75, 3.05) is 5.32 Å². The molecule has 0 radical (unpaired) electrons. The minimum Gasteiger partial charge on any atom is -0.324 e. The number of rotatable bonds is 2. The maximum atomic E-state index is 12.1. The summed E-state index contributed by atoms with van der Waals surface area (Å²) in [6.07, 6.45) is 6.10. The molecule has 1 amide bonds. The third-order valence-corrected chi connectivity index (χ3v) is 3.31. The Morgan fingerprint density at radius 3 is 2.95 bits per heavy atom. The zero-order valence-electron chi connectivity index (χ0n) is 10.4. The first-order valence-electron chi connectivity index (χ1n) is 6.32. The van der Waals surface area contributed by atoms with Gasteiger partial charge < -0.3 is 11.1 Å². The topological polar surface area (TPSA) is 68.0 Å². The van der Waals surface area contributed by atoms with Gasteiger partial charge in [-0.3, -0.25) is 9.78 Å². The number of nitrogens with zero attached hydrogens (tertiary/aromatic N) is 1. The Hall–Kier alpha value is -2.20. The molecule has 2 atom stereocenters. The summed E-state index contributed by atoms with van der Waals surface area (Å²) >= 11 is 0. The summed E-state index contributed by atoms with van der Waals surface area (Å²) in [5.74, 6) is -0.164. The van der Waals surface area contributed by atoms with Crippen LogP contribution in [0.5, 0.6) is 0 Å². The van der Waals surface area contributed by atoms with Gasteiger partial charge in [0.25, 0.3) is 0 Å². The highest BCUT2D eigenvalue weighted by atomic mass is 16.1. The van der Waals surface area contributed by atoms with E-state index in [2.05, 4.69) is 10.3 Å². The molecule has 1 aromatic heterocycles. The monoisotopic (exact) mass is 253 g/mol. The van der Waals surface area contributed by atoms with Crippen molar-refractivity contribution >= 4 is 22.5 Å². The predicted octanol–water partition coefficient (Wildman–Crippen LogP) is 2.08. The Morgan fingerprint density at radius 2 is 2.16 bits per heavy atom. The summed E-state index contributed by atoms with van der Waals surface area (Å²) in [7, 11) is 0. The second-order valence-corrected chi connectivity index (χ2v) is 4.80. The van der Waals surface area contributed by atoms with E-state index in [0.29, 0.717) is 6.42 Å². The summed E-state index contributed by atoms with van der Waals surface area (Å²) in [5, 5.41) is 3.90. The fourth-order valence-electron chi connectivity index (χ4n) is 2.30. The van der Waals surface area contributed by atoms with Gasteiger partial charge in [-0.1, -0.05) is 30.4 Å². The van der Waals surface area contributed by atoms with Crippen molar-refractivity contribution in [2.45, 2.75) is 12.5 Å². The third kappa shape index (κ3) is 2.48. The molecule has 0 saturated carbocycles. The van der Waals surface area contributed by atoms with Gasteiger partial charge in [0.1, 0.15) is 0 Å². The van der Waals surface area contributed by atoms with Crippen LogP contribution in [0.3, 0.4) is 0 Å². The summed E-state index contributed by atoms with van der Waals surface area (Å²) in [4.78, 5) is 16.4. The summed E-state index contributed by atoms with van der Waals surface area (Å²) in [6, 6.07) is 9.74. The molecule has 4 nitrogen and oxygen atoms in total. The van der Waals surface area contributed by atoms with Crippen LogP contribution in [0.1, 0.15) is 6.42 Å². The Bertz CT molecular complexity index is 651. The fourth-order valence-corrected chi connectivity index (χ4v) is 2.30. The number of nitrogens with one attached hydrogen (secondary N) is 1. The molecular formula is C15H15N3O. The number of carbonyl (C=O) groups excluding carboxylic acids is 1. The second kappa shape index (κ2) is 4.82. The lowest BCUT2D eigenvalue weighted by Gasteiger charge is -2.10. The fraction of sp³-hybridized carbons (Fsp3) is 0.200. The molecule has 0 aliphatic heterocycles. The van der Waals surface area contributed by atoms with Crippen molar-refractivity contribution in [3.05, 3.63) is 48.7 Å². The Labute approximate surface area is 111 Å². The number of pyridine rings is 1. The minimum absolute atomic E-state index is 0.00882. The summed E-state index contributed by atoms with van der Waals surface area (Å²) in [6.45, 7) is 0. The molecule has 1 aliphatic rings. The maximum Gasteiger partial charge on any atom is 0.231 e. The lowest BCUT2D eigenvalue weighted by molar-refractivity contribution is -0.118. The number of fused-ring (bicyclic) bond motifs is 1. The van der Waals surface area contributed by atoms with E-state index >= 15 is 0 Å². The number of hydrogen-bond donors (Lipinski definition) is 2. The molecule has 0 bridgehead atoms. The lowest BCUT2D eigenvalue weighted by Crippen LogP contribution is -2.24. The molecule has 96 valence electrons. The van der Waals surface area contributed by atoms with Gasteiger partial charge in [0.15, 0.2) is 0 Å². The number of amides is 1. The molecule has 1 heterocycles. The Balaban J connectivity index is 1.78. The largest absolute Gasteiger partial charge is 0.324 e. The highest BCUT2D eigenvalue weighted by molar-refractivity contribution is 5.95. The van der Waals surface area contributed by atoms with Crippen LogP contribution in [0.15, 0.2) is 48.7 Å². The number of benzene rings is 1. The molecule has 19 heavy (non-hydrogen) atoms. The van der Waals surface area contributed by atoms with Gasteiger partial charge in [-0.15, -0.1) is 0 Å². The van der Waals surface area contributed by atoms with Crippen molar-refractivity contribution in [1.29, 1.82) is 0 Å².